The van der Waals surface area contributed by atoms with E-state index in [1.807, 2.05) is 42.1 Å². The van der Waals surface area contributed by atoms with E-state index in [1.165, 1.54) is 0 Å². The van der Waals surface area contributed by atoms with Crippen LogP contribution in [0.1, 0.15) is 56.9 Å². The Balaban J connectivity index is 1.11. The van der Waals surface area contributed by atoms with Gasteiger partial charge in [-0.2, -0.15) is 11.8 Å². The van der Waals surface area contributed by atoms with E-state index in [0.717, 1.165) is 56.3 Å². The van der Waals surface area contributed by atoms with Crippen LogP contribution in [-0.2, 0) is 16.0 Å². The number of nitrogens with one attached hydrogen (secondary N) is 4. The lowest BCUT2D eigenvalue weighted by atomic mass is 10.0. The third-order valence-corrected chi connectivity index (χ3v) is 7.95. The monoisotopic (exact) mass is 489 g/mol. The number of nitrogens with two attached hydrogens (primary N) is 1. The van der Waals surface area contributed by atoms with Gasteiger partial charge in [0.05, 0.1) is 18.1 Å². The smallest absolute Gasteiger partial charge is 0.315 e. The first-order valence-corrected chi connectivity index (χ1v) is 13.6. The third kappa shape index (κ3) is 8.83. The zero-order valence-corrected chi connectivity index (χ0v) is 20.7. The Morgan fingerprint density at radius 1 is 1.00 bits per heavy atom. The van der Waals surface area contributed by atoms with E-state index in [-0.39, 0.29) is 29.9 Å². The highest BCUT2D eigenvalue weighted by atomic mass is 32.2. The molecule has 8 nitrogen and oxygen atoms in total. The van der Waals surface area contributed by atoms with Crippen LogP contribution >= 0.6 is 11.8 Å². The van der Waals surface area contributed by atoms with Crippen LogP contribution in [0.5, 0.6) is 0 Å². The SMILES string of the molecule is NC(Cc1ccccc1)C(=O)NCCCCCCNC(=O)CCCCC1SCC2NC(=O)NC21. The maximum absolute atomic E-state index is 12.1. The summed E-state index contributed by atoms with van der Waals surface area (Å²) < 4.78 is 0. The van der Waals surface area contributed by atoms with Crippen LogP contribution in [0.4, 0.5) is 4.79 Å². The van der Waals surface area contributed by atoms with Gasteiger partial charge in [-0.3, -0.25) is 9.59 Å². The number of fused-ring (bicyclic) bond motifs is 1. The van der Waals surface area contributed by atoms with Crippen molar-refractivity contribution in [1.82, 2.24) is 21.3 Å². The van der Waals surface area contributed by atoms with E-state index in [1.54, 1.807) is 0 Å². The lowest BCUT2D eigenvalue weighted by Crippen LogP contribution is -2.42. The molecule has 4 amide bonds. The van der Waals surface area contributed by atoms with Crippen LogP contribution in [-0.4, -0.2) is 60.1 Å². The zero-order valence-electron chi connectivity index (χ0n) is 19.9. The predicted molar refractivity (Wildman–Crippen MR) is 137 cm³/mol. The van der Waals surface area contributed by atoms with E-state index in [0.29, 0.717) is 31.2 Å². The number of amides is 4. The lowest BCUT2D eigenvalue weighted by Gasteiger charge is -2.16. The molecule has 1 aromatic rings. The molecule has 4 unspecified atom stereocenters. The van der Waals surface area contributed by atoms with Gasteiger partial charge < -0.3 is 27.0 Å². The molecule has 2 aliphatic heterocycles. The van der Waals surface area contributed by atoms with Crippen LogP contribution < -0.4 is 27.0 Å². The van der Waals surface area contributed by atoms with Crippen LogP contribution in [0.15, 0.2) is 30.3 Å². The van der Waals surface area contributed by atoms with Gasteiger partial charge in [-0.1, -0.05) is 49.6 Å². The van der Waals surface area contributed by atoms with E-state index < -0.39 is 6.04 Å². The molecule has 0 saturated carbocycles. The molecular weight excluding hydrogens is 450 g/mol. The number of rotatable bonds is 15. The first-order chi connectivity index (χ1) is 16.5. The van der Waals surface area contributed by atoms with Gasteiger partial charge >= 0.3 is 6.03 Å². The van der Waals surface area contributed by atoms with E-state index in [2.05, 4.69) is 21.3 Å². The molecule has 2 aliphatic rings. The highest BCUT2D eigenvalue weighted by molar-refractivity contribution is 8.00. The summed E-state index contributed by atoms with van der Waals surface area (Å²) in [6.45, 7) is 1.33. The van der Waals surface area contributed by atoms with Crippen molar-refractivity contribution in [3.8, 4) is 0 Å². The van der Waals surface area contributed by atoms with Crippen LogP contribution in [0.25, 0.3) is 0 Å². The van der Waals surface area contributed by atoms with Gasteiger partial charge in [0.15, 0.2) is 0 Å². The molecule has 0 aromatic heterocycles. The van der Waals surface area contributed by atoms with E-state index in [9.17, 15) is 14.4 Å². The summed E-state index contributed by atoms with van der Waals surface area (Å²) in [6.07, 6.45) is 7.92. The standard InChI is InChI=1S/C25H39N5O3S/c26-19(16-18-10-4-3-5-11-18)24(32)28-15-9-2-1-8-14-27-22(31)13-7-6-12-21-23-20(17-34-21)29-25(33)30-23/h3-5,10-11,19-21,23H,1-2,6-9,12-17,26H2,(H,27,31)(H,28,32)(H2,29,30,33). The molecule has 0 bridgehead atoms. The molecule has 6 N–H and O–H groups in total. The second-order valence-corrected chi connectivity index (χ2v) is 10.5. The Bertz CT molecular complexity index is 794. The van der Waals surface area contributed by atoms with Crippen molar-refractivity contribution >= 4 is 29.6 Å². The van der Waals surface area contributed by atoms with Gasteiger partial charge in [-0.15, -0.1) is 0 Å². The van der Waals surface area contributed by atoms with Gasteiger partial charge in [-0.25, -0.2) is 4.79 Å². The minimum Gasteiger partial charge on any atom is -0.356 e. The van der Waals surface area contributed by atoms with E-state index >= 15 is 0 Å². The number of hydrogen-bond donors (Lipinski definition) is 5. The maximum atomic E-state index is 12.1. The molecule has 3 rings (SSSR count). The number of carbonyl (C=O) groups excluding carboxylic acids is 3. The average Bonchev–Trinajstić information content (AvgIpc) is 3.38. The number of benzene rings is 1. The number of urea groups is 1. The summed E-state index contributed by atoms with van der Waals surface area (Å²) in [7, 11) is 0. The lowest BCUT2D eigenvalue weighted by molar-refractivity contribution is -0.122. The largest absolute Gasteiger partial charge is 0.356 e. The summed E-state index contributed by atoms with van der Waals surface area (Å²) in [5.41, 5.74) is 7.05. The molecule has 0 spiro atoms. The van der Waals surface area contributed by atoms with Crippen molar-refractivity contribution in [1.29, 1.82) is 0 Å². The molecule has 34 heavy (non-hydrogen) atoms. The fourth-order valence-electron chi connectivity index (χ4n) is 4.50. The second-order valence-electron chi connectivity index (χ2n) is 9.22. The molecule has 2 fully saturated rings. The van der Waals surface area contributed by atoms with Crippen LogP contribution in [0.3, 0.4) is 0 Å². The molecule has 9 heteroatoms. The topological polar surface area (TPSA) is 125 Å². The average molecular weight is 490 g/mol. The fourth-order valence-corrected chi connectivity index (χ4v) is 6.04. The highest BCUT2D eigenvalue weighted by Crippen LogP contribution is 2.33. The Morgan fingerprint density at radius 2 is 1.74 bits per heavy atom. The summed E-state index contributed by atoms with van der Waals surface area (Å²) in [5.74, 6) is 0.988. The van der Waals surface area contributed by atoms with Gasteiger partial charge in [0.2, 0.25) is 11.8 Å². The molecule has 4 atom stereocenters. The predicted octanol–water partition coefficient (Wildman–Crippen LogP) is 2.08. The number of unbranched alkanes of at least 4 members (excludes halogenated alkanes) is 4. The molecule has 1 aromatic carbocycles. The maximum Gasteiger partial charge on any atom is 0.315 e. The highest BCUT2D eigenvalue weighted by Gasteiger charge is 2.42. The molecule has 188 valence electrons. The Labute approximate surface area is 207 Å². The number of thioether (sulfide) groups is 1. The number of hydrogen-bond acceptors (Lipinski definition) is 5. The van der Waals surface area contributed by atoms with Crippen molar-refractivity contribution in [2.24, 2.45) is 5.73 Å². The minimum absolute atomic E-state index is 0.0486. The van der Waals surface area contributed by atoms with Crippen molar-refractivity contribution in [3.63, 3.8) is 0 Å². The van der Waals surface area contributed by atoms with Crippen molar-refractivity contribution in [3.05, 3.63) is 35.9 Å². The second kappa shape index (κ2) is 14.2. The minimum atomic E-state index is -0.521. The third-order valence-electron chi connectivity index (χ3n) is 6.44. The quantitative estimate of drug-likeness (QED) is 0.191. The first kappa shape index (κ1) is 26.3. The van der Waals surface area contributed by atoms with Gasteiger partial charge in [0, 0.05) is 30.5 Å². The van der Waals surface area contributed by atoms with Gasteiger partial charge in [-0.05, 0) is 37.7 Å². The Kier molecular flexibility index (Phi) is 11.0. The van der Waals surface area contributed by atoms with Crippen molar-refractivity contribution < 1.29 is 14.4 Å². The Hall–Kier alpha value is -2.26. The summed E-state index contributed by atoms with van der Waals surface area (Å²) in [5, 5.41) is 12.3. The molecule has 0 aliphatic carbocycles. The number of carbonyl (C=O) groups is 3. The molecule has 0 radical (unpaired) electrons. The van der Waals surface area contributed by atoms with Crippen molar-refractivity contribution in [2.75, 3.05) is 18.8 Å². The Morgan fingerprint density at radius 3 is 2.50 bits per heavy atom. The summed E-state index contributed by atoms with van der Waals surface area (Å²) >= 11 is 1.92. The zero-order chi connectivity index (χ0) is 24.2. The normalized spacial score (nSPS) is 21.9. The van der Waals surface area contributed by atoms with Gasteiger partial charge in [0.1, 0.15) is 0 Å². The first-order valence-electron chi connectivity index (χ1n) is 12.6. The van der Waals surface area contributed by atoms with Crippen LogP contribution in [0, 0.1) is 0 Å². The summed E-state index contributed by atoms with van der Waals surface area (Å²) in [6, 6.07) is 9.73. The molecule has 2 heterocycles. The van der Waals surface area contributed by atoms with E-state index in [4.69, 9.17) is 5.73 Å². The van der Waals surface area contributed by atoms with Crippen molar-refractivity contribution in [2.45, 2.75) is 81.2 Å². The van der Waals surface area contributed by atoms with Gasteiger partial charge in [0.25, 0.3) is 0 Å². The molecular formula is C25H39N5O3S. The fraction of sp³-hybridized carbons (Fsp3) is 0.640. The van der Waals surface area contributed by atoms with Crippen LogP contribution in [0.2, 0.25) is 0 Å². The molecule has 2 saturated heterocycles. The summed E-state index contributed by atoms with van der Waals surface area (Å²) in [4.78, 5) is 35.5.